The van der Waals surface area contributed by atoms with E-state index in [0.717, 1.165) is 25.2 Å². The molecule has 0 aromatic heterocycles. The number of aliphatic hydroxyl groups excluding tert-OH is 1. The van der Waals surface area contributed by atoms with Crippen LogP contribution < -0.4 is 15.5 Å². The second-order valence-corrected chi connectivity index (χ2v) is 5.67. The minimum atomic E-state index is -0.649. The van der Waals surface area contributed by atoms with Gasteiger partial charge in [0.25, 0.3) is 0 Å². The van der Waals surface area contributed by atoms with Gasteiger partial charge in [0.05, 0.1) is 0 Å². The summed E-state index contributed by atoms with van der Waals surface area (Å²) in [7, 11) is 1.91. The largest absolute Gasteiger partial charge is 0.388 e. The van der Waals surface area contributed by atoms with Gasteiger partial charge in [-0.2, -0.15) is 0 Å². The summed E-state index contributed by atoms with van der Waals surface area (Å²) in [4.78, 5) is 14.2. The van der Waals surface area contributed by atoms with E-state index in [-0.39, 0.29) is 11.8 Å². The number of rotatable bonds is 3. The van der Waals surface area contributed by atoms with Crippen LogP contribution in [0.2, 0.25) is 0 Å². The van der Waals surface area contributed by atoms with Gasteiger partial charge in [-0.05, 0) is 37.1 Å². The highest BCUT2D eigenvalue weighted by molar-refractivity contribution is 5.80. The van der Waals surface area contributed by atoms with Crippen molar-refractivity contribution in [2.75, 3.05) is 30.4 Å². The van der Waals surface area contributed by atoms with Crippen molar-refractivity contribution in [2.45, 2.75) is 19.1 Å². The lowest BCUT2D eigenvalue weighted by molar-refractivity contribution is -0.134. The molecule has 2 heterocycles. The number of nitrogens with one attached hydrogen (secondary N) is 2. The predicted octanol–water partition coefficient (Wildman–Crippen LogP) is 1.01. The van der Waals surface area contributed by atoms with Crippen molar-refractivity contribution in [1.29, 1.82) is 0 Å². The van der Waals surface area contributed by atoms with E-state index in [0.29, 0.717) is 12.3 Å². The summed E-state index contributed by atoms with van der Waals surface area (Å²) in [5.74, 6) is 0.483. The molecule has 5 heteroatoms. The number of anilines is 2. The Hall–Kier alpha value is -1.75. The Morgan fingerprint density at radius 3 is 2.55 bits per heavy atom. The molecule has 0 spiro atoms. The molecular formula is C15H21N3O2. The zero-order valence-electron chi connectivity index (χ0n) is 11.7. The van der Waals surface area contributed by atoms with E-state index in [1.54, 1.807) is 0 Å². The van der Waals surface area contributed by atoms with E-state index in [4.69, 9.17) is 0 Å². The van der Waals surface area contributed by atoms with Crippen LogP contribution in [0.15, 0.2) is 24.3 Å². The number of piperidine rings is 1. The fourth-order valence-electron chi connectivity index (χ4n) is 3.08. The Morgan fingerprint density at radius 2 is 1.95 bits per heavy atom. The molecule has 3 N–H and O–H groups in total. The van der Waals surface area contributed by atoms with Gasteiger partial charge >= 0.3 is 0 Å². The zero-order valence-corrected chi connectivity index (χ0v) is 11.7. The highest BCUT2D eigenvalue weighted by Gasteiger charge is 2.39. The average molecular weight is 275 g/mol. The number of amides is 1. The Kier molecular flexibility index (Phi) is 3.53. The van der Waals surface area contributed by atoms with Gasteiger partial charge in [-0.25, -0.2) is 0 Å². The lowest BCUT2D eigenvalue weighted by Gasteiger charge is -2.45. The minimum Gasteiger partial charge on any atom is -0.388 e. The van der Waals surface area contributed by atoms with Crippen molar-refractivity contribution in [2.24, 2.45) is 11.8 Å². The van der Waals surface area contributed by atoms with Crippen LogP contribution in [0.1, 0.15) is 12.8 Å². The molecule has 2 aliphatic heterocycles. The summed E-state index contributed by atoms with van der Waals surface area (Å²) in [5, 5.41) is 15.1. The van der Waals surface area contributed by atoms with E-state index in [1.165, 1.54) is 5.69 Å². The number of aliphatic hydroxyl groups is 1. The van der Waals surface area contributed by atoms with Gasteiger partial charge in [-0.15, -0.1) is 0 Å². The number of nitrogens with zero attached hydrogens (tertiary/aromatic N) is 1. The highest BCUT2D eigenvalue weighted by atomic mass is 16.3. The van der Waals surface area contributed by atoms with Crippen LogP contribution in [0.4, 0.5) is 11.4 Å². The second-order valence-electron chi connectivity index (χ2n) is 5.67. The van der Waals surface area contributed by atoms with Gasteiger partial charge in [-0.3, -0.25) is 4.79 Å². The quantitative estimate of drug-likeness (QED) is 0.770. The normalized spacial score (nSPS) is 26.9. The maximum atomic E-state index is 11.9. The molecule has 108 valence electrons. The van der Waals surface area contributed by atoms with Crippen LogP contribution in [0.25, 0.3) is 0 Å². The molecule has 1 aromatic rings. The fourth-order valence-corrected chi connectivity index (χ4v) is 3.08. The van der Waals surface area contributed by atoms with E-state index in [1.807, 2.05) is 7.05 Å². The average Bonchev–Trinajstić information content (AvgIpc) is 2.40. The third kappa shape index (κ3) is 2.45. The summed E-state index contributed by atoms with van der Waals surface area (Å²) in [6, 6.07) is 8.33. The van der Waals surface area contributed by atoms with Crippen molar-refractivity contribution in [3.63, 3.8) is 0 Å². The molecule has 0 bridgehead atoms. The molecule has 2 unspecified atom stereocenters. The molecular weight excluding hydrogens is 254 g/mol. The number of carbonyl (C=O) groups is 1. The Balaban J connectivity index is 1.56. The molecule has 0 aliphatic carbocycles. The molecule has 0 saturated carbocycles. The Labute approximate surface area is 119 Å². The fraction of sp³-hybridized carbons (Fsp3) is 0.533. The third-order valence-corrected chi connectivity index (χ3v) is 4.40. The first-order valence-electron chi connectivity index (χ1n) is 7.18. The standard InChI is InChI=1S/C15H21N3O2/c1-16-11-2-4-12(5-3-11)18-8-10(9-18)13-6-7-14(19)17-15(13)20/h2-5,10,13-14,16,19H,6-9H2,1H3,(H,17,20). The van der Waals surface area contributed by atoms with Gasteiger partial charge < -0.3 is 20.6 Å². The summed E-state index contributed by atoms with van der Waals surface area (Å²) in [6.45, 7) is 1.85. The van der Waals surface area contributed by atoms with Crippen molar-refractivity contribution in [3.05, 3.63) is 24.3 Å². The molecule has 2 aliphatic rings. The maximum Gasteiger partial charge on any atom is 0.225 e. The van der Waals surface area contributed by atoms with Crippen LogP contribution in [0.3, 0.4) is 0 Å². The zero-order chi connectivity index (χ0) is 14.1. The van der Waals surface area contributed by atoms with Crippen LogP contribution in [0, 0.1) is 11.8 Å². The summed E-state index contributed by atoms with van der Waals surface area (Å²) >= 11 is 0. The van der Waals surface area contributed by atoms with Gasteiger partial charge in [-0.1, -0.05) is 0 Å². The van der Waals surface area contributed by atoms with Gasteiger partial charge in [0, 0.05) is 43.3 Å². The number of hydrogen-bond donors (Lipinski definition) is 3. The molecule has 1 aromatic carbocycles. The van der Waals surface area contributed by atoms with E-state index < -0.39 is 6.23 Å². The van der Waals surface area contributed by atoms with E-state index in [9.17, 15) is 9.90 Å². The summed E-state index contributed by atoms with van der Waals surface area (Å²) in [5.41, 5.74) is 2.31. The number of benzene rings is 1. The van der Waals surface area contributed by atoms with Crippen molar-refractivity contribution < 1.29 is 9.90 Å². The predicted molar refractivity (Wildman–Crippen MR) is 78.6 cm³/mol. The number of carbonyl (C=O) groups excluding carboxylic acids is 1. The molecule has 3 rings (SSSR count). The van der Waals surface area contributed by atoms with Crippen LogP contribution >= 0.6 is 0 Å². The van der Waals surface area contributed by atoms with Crippen molar-refractivity contribution in [3.8, 4) is 0 Å². The molecule has 2 saturated heterocycles. The Bertz CT molecular complexity index is 482. The minimum absolute atomic E-state index is 0.0129. The molecule has 5 nitrogen and oxygen atoms in total. The van der Waals surface area contributed by atoms with Gasteiger partial charge in [0.1, 0.15) is 6.23 Å². The topological polar surface area (TPSA) is 64.6 Å². The van der Waals surface area contributed by atoms with Gasteiger partial charge in [0.15, 0.2) is 0 Å². The van der Waals surface area contributed by atoms with Crippen molar-refractivity contribution in [1.82, 2.24) is 5.32 Å². The van der Waals surface area contributed by atoms with E-state index >= 15 is 0 Å². The third-order valence-electron chi connectivity index (χ3n) is 4.40. The van der Waals surface area contributed by atoms with E-state index in [2.05, 4.69) is 39.8 Å². The second kappa shape index (κ2) is 5.32. The van der Waals surface area contributed by atoms with Crippen LogP contribution in [-0.2, 0) is 4.79 Å². The van der Waals surface area contributed by atoms with Crippen LogP contribution in [0.5, 0.6) is 0 Å². The first kappa shape index (κ1) is 13.2. The lowest BCUT2D eigenvalue weighted by Crippen LogP contribution is -2.56. The Morgan fingerprint density at radius 1 is 1.25 bits per heavy atom. The molecule has 0 radical (unpaired) electrons. The molecule has 2 fully saturated rings. The van der Waals surface area contributed by atoms with Crippen molar-refractivity contribution >= 4 is 17.3 Å². The molecule has 1 amide bonds. The van der Waals surface area contributed by atoms with Gasteiger partial charge in [0.2, 0.25) is 5.91 Å². The SMILES string of the molecule is CNc1ccc(N2CC(C3CCC(O)NC3=O)C2)cc1. The molecule has 2 atom stereocenters. The molecule has 20 heavy (non-hydrogen) atoms. The smallest absolute Gasteiger partial charge is 0.225 e. The summed E-state index contributed by atoms with van der Waals surface area (Å²) < 4.78 is 0. The highest BCUT2D eigenvalue weighted by Crippen LogP contribution is 2.33. The monoisotopic (exact) mass is 275 g/mol. The van der Waals surface area contributed by atoms with Crippen LogP contribution in [-0.4, -0.2) is 37.4 Å². The lowest BCUT2D eigenvalue weighted by atomic mass is 9.80. The first-order chi connectivity index (χ1) is 9.67. The number of hydrogen-bond acceptors (Lipinski definition) is 4. The summed E-state index contributed by atoms with van der Waals surface area (Å²) in [6.07, 6.45) is 0.817. The maximum absolute atomic E-state index is 11.9. The first-order valence-corrected chi connectivity index (χ1v) is 7.18.